The summed E-state index contributed by atoms with van der Waals surface area (Å²) >= 11 is 1.69. The first-order chi connectivity index (χ1) is 14.3. The predicted molar refractivity (Wildman–Crippen MR) is 116 cm³/mol. The molecule has 1 aromatic carbocycles. The van der Waals surface area contributed by atoms with Crippen molar-refractivity contribution >= 4 is 39.3 Å². The summed E-state index contributed by atoms with van der Waals surface area (Å²) in [5.74, 6) is 0.629. The van der Waals surface area contributed by atoms with Crippen LogP contribution in [0.5, 0.6) is 0 Å². The molecule has 3 saturated heterocycles. The van der Waals surface area contributed by atoms with Crippen molar-refractivity contribution in [1.29, 1.82) is 0 Å². The number of piperidine rings is 1. The van der Waals surface area contributed by atoms with Crippen molar-refractivity contribution in [3.05, 3.63) is 23.8 Å². The molecule has 162 valence electrons. The van der Waals surface area contributed by atoms with E-state index >= 15 is 0 Å². The number of nitrogens with zero attached hydrogens (tertiary/aromatic N) is 3. The number of anilines is 1. The van der Waals surface area contributed by atoms with E-state index in [9.17, 15) is 18.0 Å². The summed E-state index contributed by atoms with van der Waals surface area (Å²) in [4.78, 5) is 29.3. The first kappa shape index (κ1) is 20.3. The molecule has 0 saturated carbocycles. The standard InChI is InChI=1S/C21H27N3O4S2/c1-21-9-7-19(25)24(21)18(14-29-21)20(26)23-12-8-15-13-16(5-6-17(15)23)30(27,28)22-10-3-2-4-11-22/h5-6,13,18H,2-4,7-12,14H2,1H3. The van der Waals surface area contributed by atoms with E-state index in [4.69, 9.17) is 0 Å². The topological polar surface area (TPSA) is 78.0 Å². The fourth-order valence-corrected chi connectivity index (χ4v) is 8.20. The molecule has 5 rings (SSSR count). The number of thioether (sulfide) groups is 1. The van der Waals surface area contributed by atoms with E-state index < -0.39 is 16.1 Å². The molecule has 0 N–H and O–H groups in total. The molecule has 2 amide bonds. The number of fused-ring (bicyclic) bond motifs is 2. The van der Waals surface area contributed by atoms with Crippen LogP contribution in [-0.4, -0.2) is 65.7 Å². The van der Waals surface area contributed by atoms with Crippen molar-refractivity contribution in [1.82, 2.24) is 9.21 Å². The van der Waals surface area contributed by atoms with Crippen LogP contribution in [0.1, 0.15) is 44.6 Å². The second kappa shape index (κ2) is 7.24. The first-order valence-electron chi connectivity index (χ1n) is 10.7. The van der Waals surface area contributed by atoms with Crippen molar-refractivity contribution in [3.63, 3.8) is 0 Å². The minimum absolute atomic E-state index is 0.0492. The summed E-state index contributed by atoms with van der Waals surface area (Å²) < 4.78 is 27.6. The molecule has 0 aliphatic carbocycles. The lowest BCUT2D eigenvalue weighted by Gasteiger charge is -2.32. The van der Waals surface area contributed by atoms with Crippen molar-refractivity contribution in [2.45, 2.75) is 61.3 Å². The van der Waals surface area contributed by atoms with Gasteiger partial charge in [0.15, 0.2) is 0 Å². The summed E-state index contributed by atoms with van der Waals surface area (Å²) in [6.07, 6.45) is 4.80. The Balaban J connectivity index is 1.39. The van der Waals surface area contributed by atoms with Crippen LogP contribution >= 0.6 is 11.8 Å². The average molecular weight is 450 g/mol. The van der Waals surface area contributed by atoms with Gasteiger partial charge in [0.1, 0.15) is 6.04 Å². The molecule has 2 unspecified atom stereocenters. The van der Waals surface area contributed by atoms with Gasteiger partial charge < -0.3 is 9.80 Å². The number of hydrogen-bond donors (Lipinski definition) is 0. The lowest BCUT2D eigenvalue weighted by atomic mass is 10.1. The van der Waals surface area contributed by atoms with Crippen LogP contribution in [-0.2, 0) is 26.0 Å². The number of sulfonamides is 1. The summed E-state index contributed by atoms with van der Waals surface area (Å²) in [6.45, 7) is 3.73. The van der Waals surface area contributed by atoms with E-state index in [0.717, 1.165) is 36.9 Å². The highest BCUT2D eigenvalue weighted by Crippen LogP contribution is 2.48. The molecule has 7 nitrogen and oxygen atoms in total. The van der Waals surface area contributed by atoms with Gasteiger partial charge in [0, 0.05) is 37.5 Å². The molecule has 1 aromatic rings. The zero-order chi connectivity index (χ0) is 21.1. The predicted octanol–water partition coefficient (Wildman–Crippen LogP) is 2.20. The van der Waals surface area contributed by atoms with E-state index in [1.165, 1.54) is 0 Å². The molecule has 30 heavy (non-hydrogen) atoms. The van der Waals surface area contributed by atoms with E-state index in [-0.39, 0.29) is 16.7 Å². The maximum absolute atomic E-state index is 13.4. The molecule has 4 aliphatic rings. The number of rotatable bonds is 3. The zero-order valence-electron chi connectivity index (χ0n) is 17.2. The Morgan fingerprint density at radius 2 is 1.90 bits per heavy atom. The van der Waals surface area contributed by atoms with Gasteiger partial charge in [-0.05, 0) is 56.4 Å². The Hall–Kier alpha value is -1.58. The molecule has 0 aromatic heterocycles. The van der Waals surface area contributed by atoms with Crippen molar-refractivity contribution in [2.24, 2.45) is 0 Å². The molecule has 4 aliphatic heterocycles. The SMILES string of the molecule is CC12CCC(=O)N1C(C(=O)N1CCc3cc(S(=O)(=O)N4CCCCC4)ccc31)CS2. The van der Waals surface area contributed by atoms with Crippen molar-refractivity contribution in [3.8, 4) is 0 Å². The minimum atomic E-state index is -3.49. The molecule has 0 radical (unpaired) electrons. The van der Waals surface area contributed by atoms with Gasteiger partial charge in [-0.15, -0.1) is 11.8 Å². The fourth-order valence-electron chi connectivity index (χ4n) is 5.21. The first-order valence-corrected chi connectivity index (χ1v) is 13.1. The summed E-state index contributed by atoms with van der Waals surface area (Å²) in [7, 11) is -3.49. The largest absolute Gasteiger partial charge is 0.315 e. The summed E-state index contributed by atoms with van der Waals surface area (Å²) in [6, 6.07) is 4.70. The summed E-state index contributed by atoms with van der Waals surface area (Å²) in [5.41, 5.74) is 1.67. The Morgan fingerprint density at radius 1 is 1.13 bits per heavy atom. The van der Waals surface area contributed by atoms with Crippen LogP contribution in [0.3, 0.4) is 0 Å². The monoisotopic (exact) mass is 449 g/mol. The molecular weight excluding hydrogens is 422 g/mol. The number of hydrogen-bond acceptors (Lipinski definition) is 5. The molecule has 2 atom stereocenters. The highest BCUT2D eigenvalue weighted by atomic mass is 32.2. The van der Waals surface area contributed by atoms with E-state index in [0.29, 0.717) is 43.1 Å². The number of amides is 2. The van der Waals surface area contributed by atoms with Gasteiger partial charge in [0.2, 0.25) is 15.9 Å². The third kappa shape index (κ3) is 3.08. The van der Waals surface area contributed by atoms with Crippen LogP contribution in [0.2, 0.25) is 0 Å². The Morgan fingerprint density at radius 3 is 2.67 bits per heavy atom. The molecule has 3 fully saturated rings. The van der Waals surface area contributed by atoms with Crippen LogP contribution in [0.4, 0.5) is 5.69 Å². The van der Waals surface area contributed by atoms with Gasteiger partial charge in [-0.1, -0.05) is 6.42 Å². The molecule has 4 heterocycles. The van der Waals surface area contributed by atoms with E-state index in [2.05, 4.69) is 0 Å². The van der Waals surface area contributed by atoms with Crippen LogP contribution in [0, 0.1) is 0 Å². The van der Waals surface area contributed by atoms with Gasteiger partial charge >= 0.3 is 0 Å². The van der Waals surface area contributed by atoms with Crippen LogP contribution in [0.15, 0.2) is 23.1 Å². The summed E-state index contributed by atoms with van der Waals surface area (Å²) in [5, 5.41) is 0. The normalized spacial score (nSPS) is 29.4. The maximum Gasteiger partial charge on any atom is 0.250 e. The van der Waals surface area contributed by atoms with Crippen molar-refractivity contribution < 1.29 is 18.0 Å². The zero-order valence-corrected chi connectivity index (χ0v) is 18.8. The molecule has 0 spiro atoms. The van der Waals surface area contributed by atoms with Gasteiger partial charge in [-0.25, -0.2) is 8.42 Å². The van der Waals surface area contributed by atoms with Crippen LogP contribution < -0.4 is 4.90 Å². The highest BCUT2D eigenvalue weighted by Gasteiger charge is 2.54. The smallest absolute Gasteiger partial charge is 0.250 e. The third-order valence-electron chi connectivity index (χ3n) is 6.90. The Labute approximate surface area is 181 Å². The van der Waals surface area contributed by atoms with Gasteiger partial charge in [-0.2, -0.15) is 4.31 Å². The second-order valence-corrected chi connectivity index (χ2v) is 12.2. The fraction of sp³-hybridized carbons (Fsp3) is 0.619. The second-order valence-electron chi connectivity index (χ2n) is 8.76. The number of benzene rings is 1. The average Bonchev–Trinajstić information content (AvgIpc) is 3.41. The maximum atomic E-state index is 13.4. The lowest BCUT2D eigenvalue weighted by Crippen LogP contribution is -2.51. The third-order valence-corrected chi connectivity index (χ3v) is 10.3. The molecule has 9 heteroatoms. The number of carbonyl (C=O) groups is 2. The minimum Gasteiger partial charge on any atom is -0.315 e. The van der Waals surface area contributed by atoms with Crippen molar-refractivity contribution in [2.75, 3.05) is 30.3 Å². The lowest BCUT2D eigenvalue weighted by molar-refractivity contribution is -0.136. The van der Waals surface area contributed by atoms with Gasteiger partial charge in [0.05, 0.1) is 9.77 Å². The Kier molecular flexibility index (Phi) is 4.91. The van der Waals surface area contributed by atoms with E-state index in [1.54, 1.807) is 44.1 Å². The highest BCUT2D eigenvalue weighted by molar-refractivity contribution is 8.01. The van der Waals surface area contributed by atoms with E-state index in [1.807, 2.05) is 6.92 Å². The van der Waals surface area contributed by atoms with Gasteiger partial charge in [0.25, 0.3) is 5.91 Å². The van der Waals surface area contributed by atoms with Gasteiger partial charge in [-0.3, -0.25) is 9.59 Å². The quantitative estimate of drug-likeness (QED) is 0.707. The Bertz CT molecular complexity index is 1010. The van der Waals surface area contributed by atoms with Crippen LogP contribution in [0.25, 0.3) is 0 Å². The molecular formula is C21H27N3O4S2. The molecule has 0 bridgehead atoms. The number of carbonyl (C=O) groups excluding carboxylic acids is 2.